The van der Waals surface area contributed by atoms with E-state index >= 15 is 19.2 Å². The SMILES string of the molecule is CN[C@H](CC(C)C)C(=O)N[C@H]1C(=O)N[C@@H](CC(N)=O)C(=O)N[C@H]2C(=O)N[C@H]3C(=O)N[C@H](C(=O)N[C@H](C(=O)O)c4cc(O)cc(O)c4-c4cc3ccc4O)[C@H](OC3CC(C)C(O)C(C)(N)C3)c3ccc(c(Cl)c3)Oc3cc2cc(c3OC2OC(CO)C(O)C(O)C2OC2CC(C)(N)C(O)C(C)O2)Oc2ccc(cc2Cl)[C@H]1O. The number of nitrogens with one attached hydrogen (secondary N) is 7. The van der Waals surface area contributed by atoms with Gasteiger partial charge in [-0.15, -0.1) is 0 Å². The summed E-state index contributed by atoms with van der Waals surface area (Å²) in [6, 6.07) is 0.0241. The third-order valence-electron chi connectivity index (χ3n) is 20.6. The predicted octanol–water partition coefficient (Wildman–Crippen LogP) is 1.01. The molecule has 0 spiro atoms. The second-order valence-electron chi connectivity index (χ2n) is 29.8. The highest BCUT2D eigenvalue weighted by atomic mass is 35.5. The highest BCUT2D eigenvalue weighted by molar-refractivity contribution is 6.32. The van der Waals surface area contributed by atoms with Crippen LogP contribution in [0.2, 0.25) is 10.0 Å². The molecule has 2 saturated heterocycles. The first-order chi connectivity index (χ1) is 52.3. The highest BCUT2D eigenvalue weighted by Gasteiger charge is 2.52. The third kappa shape index (κ3) is 17.7. The number of carboxylic acids is 1. The van der Waals surface area contributed by atoms with Gasteiger partial charge in [0.25, 0.3) is 0 Å². The molecule has 23 N–H and O–H groups in total. The van der Waals surface area contributed by atoms with E-state index < -0.39 is 250 Å². The number of rotatable bonds is 15. The molecule has 5 aromatic carbocycles. The normalized spacial score (nSPS) is 32.1. The van der Waals surface area contributed by atoms with Gasteiger partial charge in [-0.2, -0.15) is 0 Å². The van der Waals surface area contributed by atoms with Crippen LogP contribution in [0, 0.1) is 11.8 Å². The van der Waals surface area contributed by atoms with Gasteiger partial charge in [-0.25, -0.2) is 4.79 Å². The Balaban J connectivity index is 1.19. The summed E-state index contributed by atoms with van der Waals surface area (Å²) in [7, 11) is 1.48. The first kappa shape index (κ1) is 82.7. The molecule has 0 radical (unpaired) electrons. The molecule has 5 aromatic rings. The zero-order valence-electron chi connectivity index (χ0n) is 61.0. The van der Waals surface area contributed by atoms with Crippen molar-refractivity contribution in [3.63, 3.8) is 0 Å². The number of primary amides is 1. The topological polar surface area (TPSA) is 566 Å². The average Bonchev–Trinajstić information content (AvgIpc) is 0.764. The number of fused-ring (bicyclic) bond motifs is 15. The number of nitrogens with two attached hydrogens (primary N) is 3. The minimum atomic E-state index is -2.36. The zero-order valence-corrected chi connectivity index (χ0v) is 62.5. The van der Waals surface area contributed by atoms with Crippen LogP contribution in [0.4, 0.5) is 0 Å². The maximum absolute atomic E-state index is 16.4. The monoisotopic (exact) mass is 1590 g/mol. The molecule has 13 rings (SSSR count). The average molecular weight is 1590 g/mol. The molecule has 3 fully saturated rings. The molecule has 35 nitrogen and oxygen atoms in total. The van der Waals surface area contributed by atoms with Crippen LogP contribution >= 0.6 is 23.2 Å². The smallest absolute Gasteiger partial charge is 0.330 e. The van der Waals surface area contributed by atoms with E-state index in [1.54, 1.807) is 13.8 Å². The summed E-state index contributed by atoms with van der Waals surface area (Å²) in [4.78, 5) is 120. The van der Waals surface area contributed by atoms with E-state index in [-0.39, 0.29) is 69.8 Å². The fraction of sp³-hybridized carbons (Fsp3) is 0.486. The lowest BCUT2D eigenvalue weighted by Crippen LogP contribution is -2.64. The van der Waals surface area contributed by atoms with Gasteiger partial charge < -0.3 is 139 Å². The van der Waals surface area contributed by atoms with Crippen LogP contribution in [0.5, 0.6) is 46.0 Å². The van der Waals surface area contributed by atoms with Crippen molar-refractivity contribution in [3.05, 3.63) is 117 Å². The number of amides is 7. The van der Waals surface area contributed by atoms with Crippen molar-refractivity contribution in [1.29, 1.82) is 0 Å². The number of hydrogen-bond acceptors (Lipinski definition) is 27. The van der Waals surface area contributed by atoms with Crippen molar-refractivity contribution >= 4 is 70.5 Å². The van der Waals surface area contributed by atoms with Crippen LogP contribution in [-0.4, -0.2) is 209 Å². The lowest BCUT2D eigenvalue weighted by Gasteiger charge is -2.47. The molecule has 1 saturated carbocycles. The number of halogens is 2. The van der Waals surface area contributed by atoms with Crippen LogP contribution in [0.25, 0.3) is 11.1 Å². The van der Waals surface area contributed by atoms with Gasteiger partial charge in [-0.1, -0.05) is 62.2 Å². The largest absolute Gasteiger partial charge is 0.508 e. The summed E-state index contributed by atoms with van der Waals surface area (Å²) < 4.78 is 45.8. The fourth-order valence-corrected chi connectivity index (χ4v) is 15.3. The van der Waals surface area contributed by atoms with E-state index in [1.807, 2.05) is 13.8 Å². The number of ether oxygens (including phenoxy) is 7. The van der Waals surface area contributed by atoms with Crippen LogP contribution < -0.4 is 68.6 Å². The lowest BCUT2D eigenvalue weighted by molar-refractivity contribution is -0.333. The summed E-state index contributed by atoms with van der Waals surface area (Å²) in [5.74, 6) is -16.4. The third-order valence-corrected chi connectivity index (χ3v) is 21.2. The quantitative estimate of drug-likeness (QED) is 0.0695. The number of likely N-dealkylation sites (N-methyl/N-ethyl adjacent to an activating group) is 1. The van der Waals surface area contributed by atoms with Crippen LogP contribution in [-0.2, 0) is 57.3 Å². The van der Waals surface area contributed by atoms with E-state index in [0.29, 0.717) is 0 Å². The fourth-order valence-electron chi connectivity index (χ4n) is 14.8. The summed E-state index contributed by atoms with van der Waals surface area (Å²) in [5, 5.41) is 132. The molecule has 111 heavy (non-hydrogen) atoms. The highest BCUT2D eigenvalue weighted by Crippen LogP contribution is 2.51. The molecule has 13 unspecified atom stereocenters. The number of aliphatic carboxylic acids is 1. The molecular weight excluding hydrogens is 1500 g/mol. The molecule has 1 aliphatic carbocycles. The Kier molecular flexibility index (Phi) is 24.7. The summed E-state index contributed by atoms with van der Waals surface area (Å²) in [6.07, 6.45) is -20.5. The maximum Gasteiger partial charge on any atom is 0.330 e. The van der Waals surface area contributed by atoms with Gasteiger partial charge >= 0.3 is 5.97 Å². The van der Waals surface area contributed by atoms with Crippen LogP contribution in [0.3, 0.4) is 0 Å². The molecule has 600 valence electrons. The van der Waals surface area contributed by atoms with E-state index in [2.05, 4.69) is 37.2 Å². The van der Waals surface area contributed by atoms with Crippen molar-refractivity contribution in [1.82, 2.24) is 37.2 Å². The van der Waals surface area contributed by atoms with Crippen molar-refractivity contribution in [3.8, 4) is 57.1 Å². The lowest BCUT2D eigenvalue weighted by atomic mass is 9.74. The first-order valence-electron chi connectivity index (χ1n) is 35.7. The number of aliphatic hydroxyl groups excluding tert-OH is 6. The van der Waals surface area contributed by atoms with Gasteiger partial charge in [-0.3, -0.25) is 33.6 Å². The molecule has 7 heterocycles. The number of aliphatic hydroxyl groups is 6. The molecule has 22 atom stereocenters. The number of phenols is 3. The number of aromatic hydroxyl groups is 3. The number of benzene rings is 5. The molecule has 37 heteroatoms. The Morgan fingerprint density at radius 3 is 1.90 bits per heavy atom. The maximum atomic E-state index is 16.4. The van der Waals surface area contributed by atoms with Gasteiger partial charge in [0.2, 0.25) is 53.4 Å². The molecule has 7 amide bonds. The van der Waals surface area contributed by atoms with E-state index in [4.69, 9.17) is 73.6 Å². The van der Waals surface area contributed by atoms with Crippen molar-refractivity contribution < 1.29 is 123 Å². The summed E-state index contributed by atoms with van der Waals surface area (Å²) in [6.45, 7) is 8.91. The second-order valence-corrected chi connectivity index (χ2v) is 30.6. The minimum absolute atomic E-state index is 0.0406. The number of hydrogen-bond donors (Lipinski definition) is 20. The number of carbonyl (C=O) groups excluding carboxylic acids is 7. The minimum Gasteiger partial charge on any atom is -0.508 e. The van der Waals surface area contributed by atoms with E-state index in [9.17, 15) is 70.2 Å². The van der Waals surface area contributed by atoms with Crippen molar-refractivity contribution in [2.75, 3.05) is 13.7 Å². The van der Waals surface area contributed by atoms with Crippen molar-refractivity contribution in [2.45, 2.75) is 201 Å². The van der Waals surface area contributed by atoms with Crippen molar-refractivity contribution in [2.24, 2.45) is 29.0 Å². The predicted molar refractivity (Wildman–Crippen MR) is 389 cm³/mol. The van der Waals surface area contributed by atoms with Gasteiger partial charge in [-0.05, 0) is 136 Å². The summed E-state index contributed by atoms with van der Waals surface area (Å²) >= 11 is 14.5. The summed E-state index contributed by atoms with van der Waals surface area (Å²) in [5.41, 5.74) is 13.7. The van der Waals surface area contributed by atoms with E-state index in [0.717, 1.165) is 48.5 Å². The molecular formula is C74H90Cl2N10O25. The second kappa shape index (κ2) is 33.2. The Morgan fingerprint density at radius 2 is 1.30 bits per heavy atom. The Bertz CT molecular complexity index is 4420. The first-order valence-corrected chi connectivity index (χ1v) is 36.4. The van der Waals surface area contributed by atoms with E-state index in [1.165, 1.54) is 51.2 Å². The zero-order chi connectivity index (χ0) is 80.9. The molecule has 8 aliphatic rings. The molecule has 11 bridgehead atoms. The Labute approximate surface area is 644 Å². The number of carboxylic acid groups (broad SMARTS) is 1. The Hall–Kier alpha value is -9.28. The van der Waals surface area contributed by atoms with Gasteiger partial charge in [0.05, 0.1) is 53.5 Å². The van der Waals surface area contributed by atoms with Gasteiger partial charge in [0, 0.05) is 40.3 Å². The standard InChI is InChI=1S/C74H90Cl2N10O25/c1-27(2)14-40(80-7)65(97)85-55-57(92)31-9-12-44(38(75)17-31)107-46-19-33-20-47(61(46)111-72-62(59(94)58(93)48(26-87)109-72)110-50-25-74(6,79)64(96)29(4)105-50)108-45-13-10-32(18-39(45)76)60(106-35-15-28(3)63(95)73(5,78)24-35)56-70(102)84-54(71(103)104)37-21-34(88)22-43(90)51(37)36-16-30(8-11-42(36)89)52(67(99)86-56)83-68(100)53(33)82-66(98)41(23-49(77)91)81-69(55)101/h8-13,16-22,27-29,35,40-41,48,50,52-60,62-64,72,80,87-90,92-96H,14-15,23-26,78-79H2,1-7H3,(H2,77,91)(H,81,101)(H,82,98)(H,83,100)(H,84,102)(H,85,97)(H,86,99)(H,103,104)/t28?,29?,35?,40-,41+,48?,50?,52-,53-,54+,55-,56+,57-,58?,59?,60-,62?,63?,64?,72?,73?,74?/m1/s1. The molecule has 0 aromatic heterocycles. The van der Waals surface area contributed by atoms with Crippen LogP contribution in [0.15, 0.2) is 78.9 Å². The number of phenolic OH excluding ortho intramolecular Hbond substituents is 3. The van der Waals surface area contributed by atoms with Crippen LogP contribution in [0.1, 0.15) is 132 Å². The Morgan fingerprint density at radius 1 is 0.685 bits per heavy atom. The number of carbonyl (C=O) groups is 8. The van der Waals surface area contributed by atoms with Gasteiger partial charge in [0.15, 0.2) is 29.9 Å². The van der Waals surface area contributed by atoms with Gasteiger partial charge in [0.1, 0.15) is 89.5 Å². The molecule has 7 aliphatic heterocycles.